The average molecular weight is 331 g/mol. The molecule has 0 saturated carbocycles. The van der Waals surface area contributed by atoms with Gasteiger partial charge in [-0.15, -0.1) is 10.2 Å². The zero-order valence-corrected chi connectivity index (χ0v) is 13.4. The molecule has 1 aliphatic rings. The highest BCUT2D eigenvalue weighted by Crippen LogP contribution is 2.04. The lowest BCUT2D eigenvalue weighted by Crippen LogP contribution is -2.39. The van der Waals surface area contributed by atoms with Gasteiger partial charge in [0, 0.05) is 26.2 Å². The van der Waals surface area contributed by atoms with Crippen LogP contribution in [0.2, 0.25) is 0 Å². The van der Waals surface area contributed by atoms with Crippen LogP contribution in [0.1, 0.15) is 16.2 Å². The molecule has 0 bridgehead atoms. The molecule has 0 spiro atoms. The van der Waals surface area contributed by atoms with Gasteiger partial charge in [0.15, 0.2) is 5.69 Å². The number of carbonyl (C=O) groups excluding carboxylic acids is 1. The summed E-state index contributed by atoms with van der Waals surface area (Å²) in [6.45, 7) is 5.54. The van der Waals surface area contributed by atoms with Crippen molar-refractivity contribution in [2.45, 2.75) is 6.54 Å². The summed E-state index contributed by atoms with van der Waals surface area (Å²) in [7, 11) is 0. The van der Waals surface area contributed by atoms with Crippen LogP contribution in [-0.4, -0.2) is 60.4 Å². The third kappa shape index (κ3) is 4.77. The van der Waals surface area contributed by atoms with Gasteiger partial charge < -0.3 is 19.8 Å². The SMILES string of the molecule is O=C(NCc1ccco1)c1ccc(NCCN2CCOCC2)nn1. The minimum Gasteiger partial charge on any atom is -0.467 e. The molecule has 2 N–H and O–H groups in total. The van der Waals surface area contributed by atoms with Crippen LogP contribution in [0.15, 0.2) is 34.9 Å². The van der Waals surface area contributed by atoms with Gasteiger partial charge in [0.25, 0.3) is 5.91 Å². The number of morpholine rings is 1. The fourth-order valence-corrected chi connectivity index (χ4v) is 2.39. The summed E-state index contributed by atoms with van der Waals surface area (Å²) in [5.74, 6) is 1.07. The van der Waals surface area contributed by atoms with E-state index in [1.54, 1.807) is 30.5 Å². The summed E-state index contributed by atoms with van der Waals surface area (Å²) >= 11 is 0. The molecule has 2 aromatic rings. The number of ether oxygens (including phenoxy) is 1. The van der Waals surface area contributed by atoms with E-state index in [1.165, 1.54) is 0 Å². The van der Waals surface area contributed by atoms with Crippen LogP contribution in [0.25, 0.3) is 0 Å². The summed E-state index contributed by atoms with van der Waals surface area (Å²) in [4.78, 5) is 14.3. The molecule has 3 rings (SSSR count). The van der Waals surface area contributed by atoms with Crippen LogP contribution in [0, 0.1) is 0 Å². The summed E-state index contributed by atoms with van der Waals surface area (Å²) in [5.41, 5.74) is 0.278. The molecule has 0 radical (unpaired) electrons. The highest BCUT2D eigenvalue weighted by molar-refractivity contribution is 5.92. The Bertz CT molecular complexity index is 624. The lowest BCUT2D eigenvalue weighted by atomic mass is 10.3. The third-order valence-electron chi connectivity index (χ3n) is 3.74. The molecular weight excluding hydrogens is 310 g/mol. The second-order valence-electron chi connectivity index (χ2n) is 5.45. The number of anilines is 1. The van der Waals surface area contributed by atoms with Crippen molar-refractivity contribution in [1.29, 1.82) is 0 Å². The third-order valence-corrected chi connectivity index (χ3v) is 3.74. The molecular formula is C16H21N5O3. The van der Waals surface area contributed by atoms with E-state index in [1.807, 2.05) is 0 Å². The molecule has 1 amide bonds. The maximum absolute atomic E-state index is 12.0. The summed E-state index contributed by atoms with van der Waals surface area (Å²) in [6.07, 6.45) is 1.57. The Morgan fingerprint density at radius 1 is 1.21 bits per heavy atom. The van der Waals surface area contributed by atoms with E-state index in [4.69, 9.17) is 9.15 Å². The summed E-state index contributed by atoms with van der Waals surface area (Å²) < 4.78 is 10.5. The van der Waals surface area contributed by atoms with E-state index in [0.717, 1.165) is 39.4 Å². The van der Waals surface area contributed by atoms with Crippen LogP contribution in [-0.2, 0) is 11.3 Å². The van der Waals surface area contributed by atoms with Crippen LogP contribution in [0.4, 0.5) is 5.82 Å². The van der Waals surface area contributed by atoms with Crippen molar-refractivity contribution in [1.82, 2.24) is 20.4 Å². The molecule has 1 aliphatic heterocycles. The smallest absolute Gasteiger partial charge is 0.272 e. The maximum atomic E-state index is 12.0. The van der Waals surface area contributed by atoms with Crippen LogP contribution in [0.5, 0.6) is 0 Å². The molecule has 0 aliphatic carbocycles. The van der Waals surface area contributed by atoms with Crippen molar-refractivity contribution >= 4 is 11.7 Å². The number of nitrogens with one attached hydrogen (secondary N) is 2. The normalized spacial score (nSPS) is 15.2. The Labute approximate surface area is 140 Å². The minimum absolute atomic E-state index is 0.278. The first-order valence-corrected chi connectivity index (χ1v) is 7.99. The van der Waals surface area contributed by atoms with E-state index in [9.17, 15) is 4.79 Å². The molecule has 2 aromatic heterocycles. The Morgan fingerprint density at radius 3 is 2.79 bits per heavy atom. The number of carbonyl (C=O) groups is 1. The zero-order valence-electron chi connectivity index (χ0n) is 13.4. The van der Waals surface area contributed by atoms with Crippen LogP contribution in [0.3, 0.4) is 0 Å². The number of rotatable bonds is 7. The van der Waals surface area contributed by atoms with Gasteiger partial charge >= 0.3 is 0 Å². The predicted molar refractivity (Wildman–Crippen MR) is 87.7 cm³/mol. The monoisotopic (exact) mass is 331 g/mol. The summed E-state index contributed by atoms with van der Waals surface area (Å²) in [5, 5.41) is 13.9. The van der Waals surface area contributed by atoms with Gasteiger partial charge in [-0.25, -0.2) is 0 Å². The number of amides is 1. The first kappa shape index (κ1) is 16.4. The molecule has 128 valence electrons. The second-order valence-corrected chi connectivity index (χ2v) is 5.45. The van der Waals surface area contributed by atoms with E-state index in [-0.39, 0.29) is 11.6 Å². The van der Waals surface area contributed by atoms with Crippen molar-refractivity contribution < 1.29 is 13.9 Å². The van der Waals surface area contributed by atoms with Crippen molar-refractivity contribution in [3.05, 3.63) is 42.0 Å². The van der Waals surface area contributed by atoms with Gasteiger partial charge in [0.2, 0.25) is 0 Å². The number of nitrogens with zero attached hydrogens (tertiary/aromatic N) is 3. The van der Waals surface area contributed by atoms with Crippen molar-refractivity contribution in [3.63, 3.8) is 0 Å². The second kappa shape index (κ2) is 8.42. The largest absolute Gasteiger partial charge is 0.467 e. The summed E-state index contributed by atoms with van der Waals surface area (Å²) in [6, 6.07) is 6.99. The van der Waals surface area contributed by atoms with Crippen LogP contribution < -0.4 is 10.6 Å². The lowest BCUT2D eigenvalue weighted by molar-refractivity contribution is 0.0398. The first-order chi connectivity index (χ1) is 11.8. The van der Waals surface area contributed by atoms with E-state index < -0.39 is 0 Å². The number of hydrogen-bond acceptors (Lipinski definition) is 7. The Balaban J connectivity index is 1.41. The fraction of sp³-hybridized carbons (Fsp3) is 0.438. The van der Waals surface area contributed by atoms with E-state index in [2.05, 4.69) is 25.7 Å². The Morgan fingerprint density at radius 2 is 2.08 bits per heavy atom. The van der Waals surface area contributed by atoms with Gasteiger partial charge in [0.1, 0.15) is 11.6 Å². The maximum Gasteiger partial charge on any atom is 0.272 e. The first-order valence-electron chi connectivity index (χ1n) is 7.99. The zero-order chi connectivity index (χ0) is 16.6. The Kier molecular flexibility index (Phi) is 5.75. The number of hydrogen-bond donors (Lipinski definition) is 2. The van der Waals surface area contributed by atoms with Gasteiger partial charge in [0.05, 0.1) is 26.0 Å². The van der Waals surface area contributed by atoms with Gasteiger partial charge in [-0.05, 0) is 24.3 Å². The molecule has 0 unspecified atom stereocenters. The molecule has 1 saturated heterocycles. The van der Waals surface area contributed by atoms with E-state index >= 15 is 0 Å². The van der Waals surface area contributed by atoms with Gasteiger partial charge in [-0.3, -0.25) is 9.69 Å². The molecule has 1 fully saturated rings. The predicted octanol–water partition coefficient (Wildman–Crippen LogP) is 0.744. The van der Waals surface area contributed by atoms with Crippen LogP contribution >= 0.6 is 0 Å². The lowest BCUT2D eigenvalue weighted by Gasteiger charge is -2.26. The van der Waals surface area contributed by atoms with E-state index in [0.29, 0.717) is 18.1 Å². The van der Waals surface area contributed by atoms with Crippen molar-refractivity contribution in [2.24, 2.45) is 0 Å². The molecule has 3 heterocycles. The standard InChI is InChI=1S/C16H21N5O3/c22-16(18-12-13-2-1-9-24-13)14-3-4-15(20-19-14)17-5-6-21-7-10-23-11-8-21/h1-4,9H,5-8,10-12H2,(H,17,20)(H,18,22). The molecule has 8 heteroatoms. The number of aromatic nitrogens is 2. The molecule has 24 heavy (non-hydrogen) atoms. The Hall–Kier alpha value is -2.45. The minimum atomic E-state index is -0.279. The highest BCUT2D eigenvalue weighted by Gasteiger charge is 2.10. The molecule has 0 atom stereocenters. The molecule has 0 aromatic carbocycles. The average Bonchev–Trinajstić information content (AvgIpc) is 3.15. The fourth-order valence-electron chi connectivity index (χ4n) is 2.39. The highest BCUT2D eigenvalue weighted by atomic mass is 16.5. The number of furan rings is 1. The van der Waals surface area contributed by atoms with Gasteiger partial charge in [-0.1, -0.05) is 0 Å². The topological polar surface area (TPSA) is 92.5 Å². The molecule has 8 nitrogen and oxygen atoms in total. The quantitative estimate of drug-likeness (QED) is 0.773. The van der Waals surface area contributed by atoms with Gasteiger partial charge in [-0.2, -0.15) is 0 Å². The van der Waals surface area contributed by atoms with Crippen molar-refractivity contribution in [3.8, 4) is 0 Å². The van der Waals surface area contributed by atoms with Crippen molar-refractivity contribution in [2.75, 3.05) is 44.7 Å².